The zero-order valence-corrected chi connectivity index (χ0v) is 13.8. The van der Waals surface area contributed by atoms with E-state index in [4.69, 9.17) is 11.6 Å². The molecule has 1 unspecified atom stereocenters. The number of nitrogens with zero attached hydrogens (tertiary/aromatic N) is 3. The van der Waals surface area contributed by atoms with Crippen LogP contribution in [0.25, 0.3) is 0 Å². The molecule has 0 spiro atoms. The monoisotopic (exact) mass is 313 g/mol. The smallest absolute Gasteiger partial charge is 0.139 e. The quantitative estimate of drug-likeness (QED) is 0.923. The summed E-state index contributed by atoms with van der Waals surface area (Å²) >= 11 is 7.82. The van der Waals surface area contributed by atoms with Gasteiger partial charge in [0, 0.05) is 16.3 Å². The molecule has 0 radical (unpaired) electrons. The van der Waals surface area contributed by atoms with E-state index in [1.165, 1.54) is 0 Å². The third-order valence-corrected chi connectivity index (χ3v) is 4.72. The van der Waals surface area contributed by atoms with E-state index in [-0.39, 0.29) is 0 Å². The number of halogens is 1. The van der Waals surface area contributed by atoms with Crippen LogP contribution in [0, 0.1) is 6.92 Å². The van der Waals surface area contributed by atoms with Crippen molar-refractivity contribution in [2.24, 2.45) is 0 Å². The van der Waals surface area contributed by atoms with Gasteiger partial charge in [-0.05, 0) is 40.1 Å². The van der Waals surface area contributed by atoms with Crippen LogP contribution in [0.1, 0.15) is 22.4 Å². The highest BCUT2D eigenvalue weighted by atomic mass is 35.5. The maximum Gasteiger partial charge on any atom is 0.139 e. The Kier molecular flexibility index (Phi) is 4.54. The lowest BCUT2D eigenvalue weighted by Crippen LogP contribution is -2.28. The second-order valence-corrected chi connectivity index (χ2v) is 7.05. The van der Waals surface area contributed by atoms with Crippen molar-refractivity contribution in [1.82, 2.24) is 14.7 Å². The van der Waals surface area contributed by atoms with Gasteiger partial charge in [0.2, 0.25) is 0 Å². The lowest BCUT2D eigenvalue weighted by Gasteiger charge is -2.24. The van der Waals surface area contributed by atoms with Gasteiger partial charge in [-0.3, -0.25) is 4.68 Å². The number of rotatable bonds is 5. The molecule has 110 valence electrons. The summed E-state index contributed by atoms with van der Waals surface area (Å²) in [5, 5.41) is 15.7. The fourth-order valence-corrected chi connectivity index (χ4v) is 3.36. The van der Waals surface area contributed by atoms with Crippen LogP contribution < -0.4 is 0 Å². The van der Waals surface area contributed by atoms with E-state index in [2.05, 4.69) is 10.00 Å². The molecule has 2 rings (SSSR count). The van der Waals surface area contributed by atoms with Crippen molar-refractivity contribution >= 4 is 22.9 Å². The topological polar surface area (TPSA) is 41.3 Å². The number of aromatic nitrogens is 2. The van der Waals surface area contributed by atoms with Gasteiger partial charge in [0.1, 0.15) is 5.60 Å². The summed E-state index contributed by atoms with van der Waals surface area (Å²) in [7, 11) is 4.01. The van der Waals surface area contributed by atoms with Crippen LogP contribution in [-0.4, -0.2) is 40.4 Å². The maximum atomic E-state index is 10.9. The molecule has 2 aromatic heterocycles. The Bertz CT molecular complexity index is 589. The molecule has 0 aliphatic carbocycles. The lowest BCUT2D eigenvalue weighted by atomic mass is 10.00. The predicted octanol–water partition coefficient (Wildman–Crippen LogP) is 2.72. The largest absolute Gasteiger partial charge is 0.378 e. The van der Waals surface area contributed by atoms with Gasteiger partial charge in [-0.1, -0.05) is 11.6 Å². The van der Waals surface area contributed by atoms with Crippen molar-refractivity contribution in [1.29, 1.82) is 0 Å². The number of aryl methyl sites for hydroxylation is 1. The van der Waals surface area contributed by atoms with Crippen LogP contribution in [0.15, 0.2) is 18.3 Å². The Balaban J connectivity index is 2.38. The minimum absolute atomic E-state index is 0.500. The number of thiophene rings is 1. The summed E-state index contributed by atoms with van der Waals surface area (Å²) in [6.45, 7) is 5.32. The molecule has 0 aromatic carbocycles. The first kappa shape index (κ1) is 15.5. The minimum atomic E-state index is -1.13. The predicted molar refractivity (Wildman–Crippen MR) is 83.5 cm³/mol. The first-order valence-electron chi connectivity index (χ1n) is 6.48. The van der Waals surface area contributed by atoms with Crippen molar-refractivity contribution in [3.05, 3.63) is 38.8 Å². The molecule has 0 aliphatic heterocycles. The van der Waals surface area contributed by atoms with Crippen molar-refractivity contribution < 1.29 is 5.11 Å². The fraction of sp³-hybridized carbons (Fsp3) is 0.500. The van der Waals surface area contributed by atoms with E-state index >= 15 is 0 Å². The van der Waals surface area contributed by atoms with Crippen molar-refractivity contribution in [2.75, 3.05) is 20.6 Å². The Morgan fingerprint density at radius 1 is 1.45 bits per heavy atom. The van der Waals surface area contributed by atoms with Gasteiger partial charge >= 0.3 is 0 Å². The molecule has 0 bridgehead atoms. The summed E-state index contributed by atoms with van der Waals surface area (Å²) < 4.78 is 1.79. The minimum Gasteiger partial charge on any atom is -0.378 e. The van der Waals surface area contributed by atoms with E-state index < -0.39 is 5.60 Å². The zero-order chi connectivity index (χ0) is 14.9. The van der Waals surface area contributed by atoms with Crippen molar-refractivity contribution in [3.63, 3.8) is 0 Å². The van der Waals surface area contributed by atoms with Crippen LogP contribution in [0.5, 0.6) is 0 Å². The van der Waals surface area contributed by atoms with Crippen LogP contribution >= 0.6 is 22.9 Å². The van der Waals surface area contributed by atoms with Gasteiger partial charge in [-0.15, -0.1) is 11.3 Å². The molecule has 20 heavy (non-hydrogen) atoms. The third kappa shape index (κ3) is 3.06. The summed E-state index contributed by atoms with van der Waals surface area (Å²) in [5.41, 5.74) is -0.471. The molecule has 2 heterocycles. The first-order chi connectivity index (χ1) is 9.32. The Hall–Kier alpha value is -0.880. The Morgan fingerprint density at radius 3 is 2.70 bits per heavy atom. The SMILES string of the molecule is Cc1ccc(C(C)(O)c2c(Cl)cnn2CCN(C)C)s1. The summed E-state index contributed by atoms with van der Waals surface area (Å²) in [5.74, 6) is 0. The number of likely N-dealkylation sites (N-methyl/N-ethyl adjacent to an activating group) is 1. The number of hydrogen-bond donors (Lipinski definition) is 1. The molecule has 2 aromatic rings. The normalized spacial score (nSPS) is 14.8. The highest BCUT2D eigenvalue weighted by Gasteiger charge is 2.33. The number of hydrogen-bond acceptors (Lipinski definition) is 4. The molecule has 4 nitrogen and oxygen atoms in total. The van der Waals surface area contributed by atoms with Gasteiger partial charge in [0.15, 0.2) is 0 Å². The molecule has 0 saturated heterocycles. The van der Waals surface area contributed by atoms with Gasteiger partial charge in [-0.25, -0.2) is 0 Å². The number of aliphatic hydroxyl groups is 1. The molecule has 0 amide bonds. The lowest BCUT2D eigenvalue weighted by molar-refractivity contribution is 0.0948. The van der Waals surface area contributed by atoms with Gasteiger partial charge < -0.3 is 10.0 Å². The van der Waals surface area contributed by atoms with Gasteiger partial charge in [0.05, 0.1) is 23.5 Å². The molecule has 6 heteroatoms. The van der Waals surface area contributed by atoms with Gasteiger partial charge in [0.25, 0.3) is 0 Å². The molecule has 1 atom stereocenters. The Labute approximate surface area is 128 Å². The van der Waals surface area contributed by atoms with E-state index in [0.29, 0.717) is 17.3 Å². The maximum absolute atomic E-state index is 10.9. The zero-order valence-electron chi connectivity index (χ0n) is 12.2. The van der Waals surface area contributed by atoms with Crippen molar-refractivity contribution in [2.45, 2.75) is 26.0 Å². The second kappa shape index (κ2) is 5.85. The van der Waals surface area contributed by atoms with Crippen LogP contribution in [0.3, 0.4) is 0 Å². The molecule has 0 saturated carbocycles. The fourth-order valence-electron chi connectivity index (χ4n) is 2.12. The van der Waals surface area contributed by atoms with E-state index in [0.717, 1.165) is 16.3 Å². The highest BCUT2D eigenvalue weighted by Crippen LogP contribution is 2.37. The first-order valence-corrected chi connectivity index (χ1v) is 7.67. The van der Waals surface area contributed by atoms with Crippen LogP contribution in [0.4, 0.5) is 0 Å². The summed E-state index contributed by atoms with van der Waals surface area (Å²) in [6.07, 6.45) is 1.60. The second-order valence-electron chi connectivity index (χ2n) is 5.35. The molecular weight excluding hydrogens is 294 g/mol. The summed E-state index contributed by atoms with van der Waals surface area (Å²) in [6, 6.07) is 3.95. The van der Waals surface area contributed by atoms with E-state index in [1.54, 1.807) is 29.1 Å². The third-order valence-electron chi connectivity index (χ3n) is 3.24. The van der Waals surface area contributed by atoms with Crippen molar-refractivity contribution in [3.8, 4) is 0 Å². The van der Waals surface area contributed by atoms with E-state index in [1.807, 2.05) is 33.2 Å². The molecule has 0 aliphatic rings. The average molecular weight is 314 g/mol. The highest BCUT2D eigenvalue weighted by molar-refractivity contribution is 7.12. The van der Waals surface area contributed by atoms with Crippen LogP contribution in [-0.2, 0) is 12.1 Å². The molecule has 0 fully saturated rings. The van der Waals surface area contributed by atoms with Crippen LogP contribution in [0.2, 0.25) is 5.02 Å². The van der Waals surface area contributed by atoms with Gasteiger partial charge in [-0.2, -0.15) is 5.10 Å². The average Bonchev–Trinajstić information content (AvgIpc) is 2.93. The molecule has 1 N–H and O–H groups in total. The van der Waals surface area contributed by atoms with E-state index in [9.17, 15) is 5.11 Å². The molecular formula is C14H20ClN3OS. The standard InChI is InChI=1S/C14H20ClN3OS/c1-10-5-6-12(20-10)14(2,19)13-11(15)9-16-18(13)8-7-17(3)4/h5-6,9,19H,7-8H2,1-4H3. The summed E-state index contributed by atoms with van der Waals surface area (Å²) in [4.78, 5) is 4.11. The Morgan fingerprint density at radius 2 is 2.15 bits per heavy atom.